The van der Waals surface area contributed by atoms with Crippen molar-refractivity contribution >= 4 is 15.9 Å². The van der Waals surface area contributed by atoms with Gasteiger partial charge in [-0.2, -0.15) is 0 Å². The summed E-state index contributed by atoms with van der Waals surface area (Å²) in [5, 5.41) is 0.970. The molecule has 2 rings (SSSR count). The molecule has 2 fully saturated rings. The van der Waals surface area contributed by atoms with E-state index in [0.29, 0.717) is 6.10 Å². The average Bonchev–Trinajstić information content (AvgIpc) is 2.90. The lowest BCUT2D eigenvalue weighted by molar-refractivity contribution is -0.0955. The molecule has 0 spiro atoms. The van der Waals surface area contributed by atoms with E-state index in [9.17, 15) is 0 Å². The highest BCUT2D eigenvalue weighted by Crippen LogP contribution is 2.39. The molecule has 0 radical (unpaired) electrons. The lowest BCUT2D eigenvalue weighted by Gasteiger charge is -2.40. The molecule has 1 unspecified atom stereocenters. The van der Waals surface area contributed by atoms with E-state index in [-0.39, 0.29) is 5.60 Å². The summed E-state index contributed by atoms with van der Waals surface area (Å²) in [5.74, 6) is 1.71. The molecule has 1 aliphatic carbocycles. The van der Waals surface area contributed by atoms with Gasteiger partial charge < -0.3 is 9.47 Å². The van der Waals surface area contributed by atoms with Crippen LogP contribution < -0.4 is 0 Å². The van der Waals surface area contributed by atoms with E-state index < -0.39 is 0 Å². The highest BCUT2D eigenvalue weighted by atomic mass is 79.9. The van der Waals surface area contributed by atoms with Gasteiger partial charge in [-0.25, -0.2) is 0 Å². The standard InChI is InChI=1S/C15H27BrO2/c1-12(2)13-5-7-15(11-16,8-6-13)18-10-14-4-3-9-17-14/h12-14H,3-11H2,1-2H3. The predicted octanol–water partition coefficient (Wildman–Crippen LogP) is 4.16. The van der Waals surface area contributed by atoms with Crippen LogP contribution in [-0.2, 0) is 9.47 Å². The third-order valence-electron chi connectivity index (χ3n) is 4.73. The zero-order valence-electron chi connectivity index (χ0n) is 11.8. The van der Waals surface area contributed by atoms with Gasteiger partial charge in [-0.1, -0.05) is 29.8 Å². The topological polar surface area (TPSA) is 18.5 Å². The molecule has 1 saturated carbocycles. The second-order valence-electron chi connectivity index (χ2n) is 6.34. The smallest absolute Gasteiger partial charge is 0.0809 e. The Morgan fingerprint density at radius 2 is 2.00 bits per heavy atom. The Bertz CT molecular complexity index is 241. The molecule has 1 aliphatic heterocycles. The van der Waals surface area contributed by atoms with E-state index in [1.54, 1.807) is 0 Å². The summed E-state index contributed by atoms with van der Waals surface area (Å²) >= 11 is 3.67. The molecule has 3 heteroatoms. The third kappa shape index (κ3) is 3.71. The summed E-state index contributed by atoms with van der Waals surface area (Å²) in [5.41, 5.74) is 0.0807. The van der Waals surface area contributed by atoms with Crippen LogP contribution in [0.5, 0.6) is 0 Å². The number of rotatable bonds is 5. The van der Waals surface area contributed by atoms with Gasteiger partial charge in [-0.3, -0.25) is 0 Å². The predicted molar refractivity (Wildman–Crippen MR) is 78.2 cm³/mol. The molecule has 0 aromatic carbocycles. The largest absolute Gasteiger partial charge is 0.376 e. The highest BCUT2D eigenvalue weighted by Gasteiger charge is 2.37. The van der Waals surface area contributed by atoms with E-state index in [4.69, 9.17) is 9.47 Å². The quantitative estimate of drug-likeness (QED) is 0.708. The van der Waals surface area contributed by atoms with Gasteiger partial charge in [0, 0.05) is 11.9 Å². The maximum atomic E-state index is 6.26. The molecule has 1 saturated heterocycles. The van der Waals surface area contributed by atoms with Crippen molar-refractivity contribution in [3.05, 3.63) is 0 Å². The van der Waals surface area contributed by atoms with Gasteiger partial charge >= 0.3 is 0 Å². The van der Waals surface area contributed by atoms with Gasteiger partial charge in [0.25, 0.3) is 0 Å². The van der Waals surface area contributed by atoms with Gasteiger partial charge in [-0.15, -0.1) is 0 Å². The summed E-state index contributed by atoms with van der Waals surface area (Å²) in [6, 6.07) is 0. The van der Waals surface area contributed by atoms with Gasteiger partial charge in [0.15, 0.2) is 0 Å². The number of hydrogen-bond acceptors (Lipinski definition) is 2. The van der Waals surface area contributed by atoms with Crippen molar-refractivity contribution in [3.8, 4) is 0 Å². The van der Waals surface area contributed by atoms with Crippen LogP contribution in [-0.4, -0.2) is 30.2 Å². The van der Waals surface area contributed by atoms with Gasteiger partial charge in [0.2, 0.25) is 0 Å². The Balaban J connectivity index is 1.80. The number of halogens is 1. The van der Waals surface area contributed by atoms with Crippen LogP contribution in [0.2, 0.25) is 0 Å². The second kappa shape index (κ2) is 6.71. The molecule has 0 amide bonds. The molecule has 0 aromatic heterocycles. The molecule has 18 heavy (non-hydrogen) atoms. The minimum absolute atomic E-state index is 0.0807. The summed E-state index contributed by atoms with van der Waals surface area (Å²) in [6.07, 6.45) is 7.76. The van der Waals surface area contributed by atoms with Crippen molar-refractivity contribution in [2.75, 3.05) is 18.5 Å². The fraction of sp³-hybridized carbons (Fsp3) is 1.00. The molecule has 2 aliphatic rings. The second-order valence-corrected chi connectivity index (χ2v) is 6.90. The average molecular weight is 319 g/mol. The summed E-state index contributed by atoms with van der Waals surface area (Å²) in [4.78, 5) is 0. The Kier molecular flexibility index (Phi) is 5.52. The normalized spacial score (nSPS) is 37.3. The Hall–Kier alpha value is 0.400. The van der Waals surface area contributed by atoms with Crippen molar-refractivity contribution in [2.24, 2.45) is 11.8 Å². The molecule has 106 valence electrons. The first-order valence-corrected chi connectivity index (χ1v) is 8.59. The summed E-state index contributed by atoms with van der Waals surface area (Å²) in [6.45, 7) is 6.40. The first kappa shape index (κ1) is 14.8. The molecule has 1 atom stereocenters. The van der Waals surface area contributed by atoms with Crippen molar-refractivity contribution in [1.82, 2.24) is 0 Å². The van der Waals surface area contributed by atoms with Crippen molar-refractivity contribution in [2.45, 2.75) is 64.1 Å². The van der Waals surface area contributed by atoms with Gasteiger partial charge in [-0.05, 0) is 50.4 Å². The molecule has 0 aromatic rings. The maximum Gasteiger partial charge on any atom is 0.0809 e. The maximum absolute atomic E-state index is 6.26. The van der Waals surface area contributed by atoms with Crippen molar-refractivity contribution in [3.63, 3.8) is 0 Å². The number of hydrogen-bond donors (Lipinski definition) is 0. The zero-order valence-corrected chi connectivity index (χ0v) is 13.4. The van der Waals surface area contributed by atoms with Crippen LogP contribution in [0.4, 0.5) is 0 Å². The highest BCUT2D eigenvalue weighted by molar-refractivity contribution is 9.09. The van der Waals surface area contributed by atoms with Crippen LogP contribution in [0.3, 0.4) is 0 Å². The number of ether oxygens (including phenoxy) is 2. The third-order valence-corrected chi connectivity index (χ3v) is 5.75. The molecule has 0 N–H and O–H groups in total. The molecule has 1 heterocycles. The first-order chi connectivity index (χ1) is 8.65. The van der Waals surface area contributed by atoms with Crippen LogP contribution in [0, 0.1) is 11.8 Å². The van der Waals surface area contributed by atoms with Crippen LogP contribution in [0.15, 0.2) is 0 Å². The summed E-state index contributed by atoms with van der Waals surface area (Å²) in [7, 11) is 0. The fourth-order valence-electron chi connectivity index (χ4n) is 3.19. The Morgan fingerprint density at radius 3 is 2.50 bits per heavy atom. The lowest BCUT2D eigenvalue weighted by Crippen LogP contribution is -2.41. The molecular weight excluding hydrogens is 292 g/mol. The minimum Gasteiger partial charge on any atom is -0.376 e. The number of alkyl halides is 1. The summed E-state index contributed by atoms with van der Waals surface area (Å²) < 4.78 is 11.9. The monoisotopic (exact) mass is 318 g/mol. The minimum atomic E-state index is 0.0807. The molecule has 2 nitrogen and oxygen atoms in total. The van der Waals surface area contributed by atoms with Gasteiger partial charge in [0.05, 0.1) is 18.3 Å². The first-order valence-electron chi connectivity index (χ1n) is 7.47. The fourth-order valence-corrected chi connectivity index (χ4v) is 3.92. The van der Waals surface area contributed by atoms with Crippen molar-refractivity contribution < 1.29 is 9.47 Å². The van der Waals surface area contributed by atoms with Crippen LogP contribution >= 0.6 is 15.9 Å². The Morgan fingerprint density at radius 1 is 1.28 bits per heavy atom. The zero-order chi connectivity index (χ0) is 13.0. The van der Waals surface area contributed by atoms with E-state index in [1.165, 1.54) is 38.5 Å². The lowest BCUT2D eigenvalue weighted by atomic mass is 9.75. The Labute approximate surface area is 120 Å². The van der Waals surface area contributed by atoms with Gasteiger partial charge in [0.1, 0.15) is 0 Å². The van der Waals surface area contributed by atoms with E-state index in [2.05, 4.69) is 29.8 Å². The molecule has 0 bridgehead atoms. The van der Waals surface area contributed by atoms with Crippen LogP contribution in [0.1, 0.15) is 52.4 Å². The molecular formula is C15H27BrO2. The SMILES string of the molecule is CC(C)C1CCC(CBr)(OCC2CCCO2)CC1. The van der Waals surface area contributed by atoms with E-state index >= 15 is 0 Å². The van der Waals surface area contributed by atoms with E-state index in [0.717, 1.165) is 30.4 Å². The van der Waals surface area contributed by atoms with E-state index in [1.807, 2.05) is 0 Å². The van der Waals surface area contributed by atoms with Crippen LogP contribution in [0.25, 0.3) is 0 Å². The van der Waals surface area contributed by atoms with Crippen molar-refractivity contribution in [1.29, 1.82) is 0 Å².